The molecule has 202 valence electrons. The number of hydrogen-bond acceptors (Lipinski definition) is 9. The van der Waals surface area contributed by atoms with E-state index < -0.39 is 32.1 Å². The van der Waals surface area contributed by atoms with Crippen LogP contribution in [0.4, 0.5) is 0 Å². The van der Waals surface area contributed by atoms with Crippen LogP contribution < -0.4 is 14.2 Å². The van der Waals surface area contributed by atoms with Crippen LogP contribution in [0.2, 0.25) is 0 Å². The number of carboxylic acid groups (broad SMARTS) is 1. The van der Waals surface area contributed by atoms with Crippen molar-refractivity contribution in [2.24, 2.45) is 0 Å². The summed E-state index contributed by atoms with van der Waals surface area (Å²) in [4.78, 5) is 20.0. The first-order chi connectivity index (χ1) is 18.0. The van der Waals surface area contributed by atoms with E-state index in [0.717, 1.165) is 15.6 Å². The van der Waals surface area contributed by atoms with Gasteiger partial charge < -0.3 is 23.9 Å². The molecule has 2 heterocycles. The number of methoxy groups -OCH3 is 3. The predicted octanol–water partition coefficient (Wildman–Crippen LogP) is 2.67. The number of benzene rings is 2. The Kier molecular flexibility index (Phi) is 9.57. The zero-order valence-corrected chi connectivity index (χ0v) is 22.8. The summed E-state index contributed by atoms with van der Waals surface area (Å²) < 4.78 is 58.6. The van der Waals surface area contributed by atoms with E-state index in [1.807, 2.05) is 6.92 Å². The zero-order valence-electron chi connectivity index (χ0n) is 21.2. The van der Waals surface area contributed by atoms with Crippen molar-refractivity contribution in [1.29, 1.82) is 0 Å². The first kappa shape index (κ1) is 30.7. The number of nitrogens with zero attached hydrogens (tertiary/aromatic N) is 3. The first-order valence-electron chi connectivity index (χ1n) is 11.1. The van der Waals surface area contributed by atoms with Crippen molar-refractivity contribution in [2.75, 3.05) is 21.3 Å². The Bertz CT molecular complexity index is 1660. The van der Waals surface area contributed by atoms with Gasteiger partial charge in [0.1, 0.15) is 22.1 Å². The third-order valence-electron chi connectivity index (χ3n) is 5.94. The number of pyridine rings is 1. The molecule has 0 aliphatic rings. The molecule has 0 radical (unpaired) electrons. The number of hydrogen-bond donors (Lipinski definition) is 1. The molecule has 4 aromatic rings. The van der Waals surface area contributed by atoms with E-state index in [1.165, 1.54) is 45.6 Å². The van der Waals surface area contributed by atoms with Crippen LogP contribution in [0.5, 0.6) is 17.2 Å². The molecule has 0 amide bonds. The number of imidazole rings is 1. The van der Waals surface area contributed by atoms with Gasteiger partial charge in [0, 0.05) is 34.6 Å². The van der Waals surface area contributed by atoms with Gasteiger partial charge in [0.2, 0.25) is 0 Å². The molecule has 0 fully saturated rings. The molecular weight excluding hydrogens is 557 g/mol. The number of fused-ring (bicyclic) bond motifs is 1. The van der Waals surface area contributed by atoms with Crippen LogP contribution in [-0.4, -0.2) is 88.9 Å². The second-order valence-electron chi connectivity index (χ2n) is 8.23. The molecule has 2 aromatic carbocycles. The Morgan fingerprint density at radius 2 is 1.79 bits per heavy atom. The molecular formula is C25H26N3NaO8S2. The fourth-order valence-electron chi connectivity index (χ4n) is 4.03. The van der Waals surface area contributed by atoms with Crippen LogP contribution in [0.3, 0.4) is 0 Å². The number of aromatic nitrogens is 3. The van der Waals surface area contributed by atoms with E-state index in [9.17, 15) is 22.9 Å². The normalized spacial score (nSPS) is 12.1. The molecule has 14 heteroatoms. The monoisotopic (exact) mass is 583 g/mol. The molecule has 11 nitrogen and oxygen atoms in total. The number of aromatic carboxylic acids is 1. The van der Waals surface area contributed by atoms with Crippen LogP contribution in [0.25, 0.3) is 11.0 Å². The second-order valence-corrected chi connectivity index (χ2v) is 11.3. The summed E-state index contributed by atoms with van der Waals surface area (Å²) >= 11 is -2.00. The summed E-state index contributed by atoms with van der Waals surface area (Å²) in [7, 11) is -0.308. The van der Waals surface area contributed by atoms with Gasteiger partial charge in [0.15, 0.2) is 5.75 Å². The summed E-state index contributed by atoms with van der Waals surface area (Å²) in [6, 6.07) is 8.02. The standard InChI is InChI=1S/C25H25N3O8S2.Na.H/c1-14-12-26-19(15(2)23(14)36-5)13-37(31)25-27-18-11-17(34-3)7-8-20(18)28(25)38(32,33)22-10-16(24(29)30)6-9-21(22)35-4;;/h6-12H,13H2,1-5H3,(H,29,30);;. The molecule has 1 atom stereocenters. The van der Waals surface area contributed by atoms with Crippen LogP contribution in [-0.2, 0) is 27.0 Å². The molecule has 4 rings (SSSR count). The number of carboxylic acids is 1. The van der Waals surface area contributed by atoms with Crippen molar-refractivity contribution in [3.8, 4) is 17.2 Å². The Morgan fingerprint density at radius 3 is 2.41 bits per heavy atom. The molecule has 0 aliphatic carbocycles. The summed E-state index contributed by atoms with van der Waals surface area (Å²) in [6.07, 6.45) is 1.59. The van der Waals surface area contributed by atoms with E-state index in [-0.39, 0.29) is 62.8 Å². The van der Waals surface area contributed by atoms with Crippen molar-refractivity contribution < 1.29 is 37.1 Å². The minimum atomic E-state index is -4.55. The van der Waals surface area contributed by atoms with Gasteiger partial charge in [-0.15, -0.1) is 0 Å². The average Bonchev–Trinajstić information content (AvgIpc) is 3.30. The van der Waals surface area contributed by atoms with Gasteiger partial charge in [-0.2, -0.15) is 8.96 Å². The maximum absolute atomic E-state index is 14.1. The van der Waals surface area contributed by atoms with E-state index in [4.69, 9.17) is 14.2 Å². The maximum atomic E-state index is 14.1. The third kappa shape index (κ3) is 5.74. The molecule has 0 saturated heterocycles. The Morgan fingerprint density at radius 1 is 1.08 bits per heavy atom. The van der Waals surface area contributed by atoms with Crippen LogP contribution >= 0.6 is 0 Å². The predicted molar refractivity (Wildman–Crippen MR) is 146 cm³/mol. The molecule has 0 bridgehead atoms. The van der Waals surface area contributed by atoms with Crippen LogP contribution in [0.15, 0.2) is 52.6 Å². The van der Waals surface area contributed by atoms with Crippen LogP contribution in [0, 0.1) is 13.8 Å². The minimum absolute atomic E-state index is 0. The van der Waals surface area contributed by atoms with Crippen molar-refractivity contribution in [3.05, 3.63) is 65.0 Å². The third-order valence-corrected chi connectivity index (χ3v) is 9.00. The average molecular weight is 584 g/mol. The summed E-state index contributed by atoms with van der Waals surface area (Å²) in [5.41, 5.74) is 2.00. The summed E-state index contributed by atoms with van der Waals surface area (Å²) in [6.45, 7) is 3.61. The van der Waals surface area contributed by atoms with Gasteiger partial charge >= 0.3 is 40.7 Å². The second kappa shape index (κ2) is 12.1. The first-order valence-corrected chi connectivity index (χ1v) is 13.9. The van der Waals surface area contributed by atoms with E-state index in [2.05, 4.69) is 9.97 Å². The van der Waals surface area contributed by atoms with Gasteiger partial charge in [-0.25, -0.2) is 13.2 Å². The van der Waals surface area contributed by atoms with Gasteiger partial charge in [0.25, 0.3) is 10.0 Å². The zero-order chi connectivity index (χ0) is 27.8. The Balaban J connectivity index is 0.00000420. The summed E-state index contributed by atoms with van der Waals surface area (Å²) in [5, 5.41) is 9.19. The van der Waals surface area contributed by atoms with E-state index in [1.54, 1.807) is 19.2 Å². The van der Waals surface area contributed by atoms with Crippen molar-refractivity contribution >= 4 is 67.8 Å². The van der Waals surface area contributed by atoms with Gasteiger partial charge in [-0.1, -0.05) is 0 Å². The van der Waals surface area contributed by atoms with E-state index >= 15 is 0 Å². The SMILES string of the molecule is COc1ccc2c(c1)nc([S+]([O-])Cc1ncc(C)c(OC)c1C)n2S(=O)(=O)c1cc(C(=O)O)ccc1OC.[NaH]. The molecule has 1 N–H and O–H groups in total. The van der Waals surface area contributed by atoms with Crippen molar-refractivity contribution in [1.82, 2.24) is 13.9 Å². The van der Waals surface area contributed by atoms with Crippen molar-refractivity contribution in [2.45, 2.75) is 29.7 Å². The summed E-state index contributed by atoms with van der Waals surface area (Å²) in [5.74, 6) is -0.535. The van der Waals surface area contributed by atoms with Gasteiger partial charge in [-0.3, -0.25) is 4.98 Å². The van der Waals surface area contributed by atoms with Crippen LogP contribution in [0.1, 0.15) is 27.2 Å². The fourth-order valence-corrected chi connectivity index (χ4v) is 7.27. The number of rotatable bonds is 9. The quantitative estimate of drug-likeness (QED) is 0.230. The molecule has 2 aromatic heterocycles. The molecule has 0 aliphatic heterocycles. The number of aryl methyl sites for hydroxylation is 1. The molecule has 0 spiro atoms. The van der Waals surface area contributed by atoms with E-state index in [0.29, 0.717) is 22.8 Å². The number of ether oxygens (including phenoxy) is 3. The molecule has 1 unspecified atom stereocenters. The van der Waals surface area contributed by atoms with Crippen molar-refractivity contribution in [3.63, 3.8) is 0 Å². The number of carbonyl (C=O) groups is 1. The Hall–Kier alpha value is -2.81. The molecule has 39 heavy (non-hydrogen) atoms. The van der Waals surface area contributed by atoms with Gasteiger partial charge in [0.05, 0.1) is 43.6 Å². The topological polar surface area (TPSA) is 153 Å². The molecule has 0 saturated carbocycles. The Labute approximate surface area is 250 Å². The van der Waals surface area contributed by atoms with Gasteiger partial charge in [-0.05, 0) is 44.2 Å². The fraction of sp³-hybridized carbons (Fsp3) is 0.240.